The number of H-pyrrole nitrogens is 1. The van der Waals surface area contributed by atoms with Gasteiger partial charge in [0, 0.05) is 11.1 Å². The fourth-order valence-electron chi connectivity index (χ4n) is 3.14. The highest BCUT2D eigenvalue weighted by Crippen LogP contribution is 2.39. The average molecular weight is 343 g/mol. The molecule has 1 heterocycles. The SMILES string of the molecule is COc1cc2c(cc1OC)[C@H](NC(=O)c1cc(C(C)(C)C)[nH]n1)CC2. The molecular formula is C19H25N3O3. The van der Waals surface area contributed by atoms with Crippen molar-refractivity contribution in [2.45, 2.75) is 45.1 Å². The van der Waals surface area contributed by atoms with E-state index in [1.165, 1.54) is 5.56 Å². The molecule has 6 nitrogen and oxygen atoms in total. The molecule has 6 heteroatoms. The number of rotatable bonds is 4. The number of aryl methyl sites for hydroxylation is 1. The molecule has 2 aromatic rings. The summed E-state index contributed by atoms with van der Waals surface area (Å²) in [4.78, 5) is 12.6. The monoisotopic (exact) mass is 343 g/mol. The van der Waals surface area contributed by atoms with Crippen LogP contribution in [0, 0.1) is 0 Å². The summed E-state index contributed by atoms with van der Waals surface area (Å²) in [5.41, 5.74) is 3.54. The van der Waals surface area contributed by atoms with E-state index in [0.29, 0.717) is 11.4 Å². The number of hydrogen-bond acceptors (Lipinski definition) is 4. The first-order chi connectivity index (χ1) is 11.8. The van der Waals surface area contributed by atoms with E-state index in [9.17, 15) is 4.79 Å². The molecule has 0 saturated carbocycles. The van der Waals surface area contributed by atoms with Crippen LogP contribution in [0.3, 0.4) is 0 Å². The van der Waals surface area contributed by atoms with Crippen molar-refractivity contribution in [1.29, 1.82) is 0 Å². The molecule has 0 aliphatic heterocycles. The summed E-state index contributed by atoms with van der Waals surface area (Å²) in [5, 5.41) is 10.2. The first-order valence-electron chi connectivity index (χ1n) is 8.45. The lowest BCUT2D eigenvalue weighted by Crippen LogP contribution is -2.27. The Hall–Kier alpha value is -2.50. The number of ether oxygens (including phenoxy) is 2. The fourth-order valence-corrected chi connectivity index (χ4v) is 3.14. The Balaban J connectivity index is 1.80. The molecule has 134 valence electrons. The van der Waals surface area contributed by atoms with Crippen LogP contribution in [0.2, 0.25) is 0 Å². The van der Waals surface area contributed by atoms with Crippen molar-refractivity contribution in [3.8, 4) is 11.5 Å². The van der Waals surface area contributed by atoms with Crippen molar-refractivity contribution in [3.63, 3.8) is 0 Å². The number of fused-ring (bicyclic) bond motifs is 1. The molecule has 1 atom stereocenters. The summed E-state index contributed by atoms with van der Waals surface area (Å²) in [6.45, 7) is 6.24. The number of carbonyl (C=O) groups excluding carboxylic acids is 1. The summed E-state index contributed by atoms with van der Waals surface area (Å²) in [5.74, 6) is 1.23. The first-order valence-corrected chi connectivity index (χ1v) is 8.45. The highest BCUT2D eigenvalue weighted by atomic mass is 16.5. The normalized spacial score (nSPS) is 16.4. The molecular weight excluding hydrogens is 318 g/mol. The van der Waals surface area contributed by atoms with Gasteiger partial charge in [0.25, 0.3) is 5.91 Å². The van der Waals surface area contributed by atoms with Gasteiger partial charge in [0.2, 0.25) is 0 Å². The van der Waals surface area contributed by atoms with Crippen molar-refractivity contribution in [3.05, 3.63) is 40.7 Å². The van der Waals surface area contributed by atoms with E-state index < -0.39 is 0 Å². The van der Waals surface area contributed by atoms with E-state index in [1.807, 2.05) is 18.2 Å². The molecule has 0 unspecified atom stereocenters. The number of amides is 1. The third-order valence-electron chi connectivity index (χ3n) is 4.65. The van der Waals surface area contributed by atoms with Crippen LogP contribution in [0.15, 0.2) is 18.2 Å². The topological polar surface area (TPSA) is 76.2 Å². The minimum Gasteiger partial charge on any atom is -0.493 e. The minimum absolute atomic E-state index is 0.0444. The Morgan fingerprint density at radius 2 is 1.88 bits per heavy atom. The van der Waals surface area contributed by atoms with Crippen LogP contribution in [0.1, 0.15) is 60.5 Å². The highest BCUT2D eigenvalue weighted by Gasteiger charge is 2.28. The van der Waals surface area contributed by atoms with Gasteiger partial charge in [0.1, 0.15) is 5.69 Å². The highest BCUT2D eigenvalue weighted by molar-refractivity contribution is 5.92. The zero-order chi connectivity index (χ0) is 18.2. The average Bonchev–Trinajstić information content (AvgIpc) is 3.20. The van der Waals surface area contributed by atoms with Gasteiger partial charge in [-0.2, -0.15) is 5.10 Å². The lowest BCUT2D eigenvalue weighted by atomic mass is 9.92. The Kier molecular flexibility index (Phi) is 4.45. The summed E-state index contributed by atoms with van der Waals surface area (Å²) < 4.78 is 10.7. The van der Waals surface area contributed by atoms with Crippen molar-refractivity contribution in [1.82, 2.24) is 15.5 Å². The Labute approximate surface area is 147 Å². The molecule has 1 aliphatic rings. The standard InChI is InChI=1S/C19H25N3O3/c1-19(2,3)17-10-14(21-22-17)18(23)20-13-7-6-11-8-15(24-4)16(25-5)9-12(11)13/h8-10,13H,6-7H2,1-5H3,(H,20,23)(H,21,22)/t13-/m1/s1. The predicted molar refractivity (Wildman–Crippen MR) is 95.4 cm³/mol. The van der Waals surface area contributed by atoms with Gasteiger partial charge in [-0.3, -0.25) is 9.89 Å². The second-order valence-corrected chi connectivity index (χ2v) is 7.39. The maximum absolute atomic E-state index is 12.6. The molecule has 0 fully saturated rings. The number of nitrogens with zero attached hydrogens (tertiary/aromatic N) is 1. The minimum atomic E-state index is -0.167. The maximum Gasteiger partial charge on any atom is 0.272 e. The lowest BCUT2D eigenvalue weighted by molar-refractivity contribution is 0.0931. The molecule has 1 aromatic heterocycles. The van der Waals surface area contributed by atoms with Crippen LogP contribution < -0.4 is 14.8 Å². The fraction of sp³-hybridized carbons (Fsp3) is 0.474. The first kappa shape index (κ1) is 17.3. The third kappa shape index (κ3) is 3.34. The molecule has 1 aliphatic carbocycles. The summed E-state index contributed by atoms with van der Waals surface area (Å²) in [6, 6.07) is 5.72. The molecule has 0 saturated heterocycles. The number of benzene rings is 1. The largest absolute Gasteiger partial charge is 0.493 e. The van der Waals surface area contributed by atoms with Gasteiger partial charge in [0.15, 0.2) is 11.5 Å². The van der Waals surface area contributed by atoms with Crippen molar-refractivity contribution >= 4 is 5.91 Å². The second-order valence-electron chi connectivity index (χ2n) is 7.39. The van der Waals surface area contributed by atoms with E-state index in [1.54, 1.807) is 14.2 Å². The summed E-state index contributed by atoms with van der Waals surface area (Å²) >= 11 is 0. The number of carbonyl (C=O) groups is 1. The molecule has 1 aromatic carbocycles. The molecule has 0 radical (unpaired) electrons. The van der Waals surface area contributed by atoms with Crippen LogP contribution in [0.25, 0.3) is 0 Å². The van der Waals surface area contributed by atoms with Gasteiger partial charge in [-0.05, 0) is 42.2 Å². The third-order valence-corrected chi connectivity index (χ3v) is 4.65. The lowest BCUT2D eigenvalue weighted by Gasteiger charge is -2.16. The van der Waals surface area contributed by atoms with Crippen LogP contribution in [-0.2, 0) is 11.8 Å². The molecule has 1 amide bonds. The zero-order valence-electron chi connectivity index (χ0n) is 15.4. The number of nitrogens with one attached hydrogen (secondary N) is 2. The summed E-state index contributed by atoms with van der Waals surface area (Å²) in [7, 11) is 3.24. The van der Waals surface area contributed by atoms with Crippen LogP contribution in [-0.4, -0.2) is 30.3 Å². The summed E-state index contributed by atoms with van der Waals surface area (Å²) in [6.07, 6.45) is 1.75. The molecule has 0 spiro atoms. The molecule has 0 bridgehead atoms. The maximum atomic E-state index is 12.6. The van der Waals surface area contributed by atoms with Gasteiger partial charge < -0.3 is 14.8 Å². The van der Waals surface area contributed by atoms with E-state index >= 15 is 0 Å². The Morgan fingerprint density at radius 3 is 2.48 bits per heavy atom. The molecule has 2 N–H and O–H groups in total. The zero-order valence-corrected chi connectivity index (χ0v) is 15.4. The van der Waals surface area contributed by atoms with E-state index in [-0.39, 0.29) is 17.4 Å². The number of aromatic nitrogens is 2. The van der Waals surface area contributed by atoms with E-state index in [2.05, 4.69) is 36.3 Å². The smallest absolute Gasteiger partial charge is 0.272 e. The Morgan fingerprint density at radius 1 is 1.20 bits per heavy atom. The number of aromatic amines is 1. The molecule has 25 heavy (non-hydrogen) atoms. The van der Waals surface area contributed by atoms with Gasteiger partial charge in [-0.25, -0.2) is 0 Å². The van der Waals surface area contributed by atoms with E-state index in [0.717, 1.165) is 29.8 Å². The van der Waals surface area contributed by atoms with Crippen LogP contribution >= 0.6 is 0 Å². The number of hydrogen-bond donors (Lipinski definition) is 2. The van der Waals surface area contributed by atoms with Gasteiger partial charge in [0.05, 0.1) is 20.3 Å². The van der Waals surface area contributed by atoms with Gasteiger partial charge in [-0.15, -0.1) is 0 Å². The van der Waals surface area contributed by atoms with Crippen molar-refractivity contribution in [2.75, 3.05) is 14.2 Å². The number of methoxy groups -OCH3 is 2. The van der Waals surface area contributed by atoms with Gasteiger partial charge >= 0.3 is 0 Å². The van der Waals surface area contributed by atoms with Crippen LogP contribution in [0.4, 0.5) is 0 Å². The quantitative estimate of drug-likeness (QED) is 0.894. The van der Waals surface area contributed by atoms with Gasteiger partial charge in [-0.1, -0.05) is 20.8 Å². The second kappa shape index (κ2) is 6.43. The predicted octanol–water partition coefficient (Wildman–Crippen LogP) is 3.14. The van der Waals surface area contributed by atoms with E-state index in [4.69, 9.17) is 9.47 Å². The van der Waals surface area contributed by atoms with Crippen molar-refractivity contribution in [2.24, 2.45) is 0 Å². The molecule has 3 rings (SSSR count). The Bertz CT molecular complexity index is 790. The van der Waals surface area contributed by atoms with Crippen LogP contribution in [0.5, 0.6) is 11.5 Å². The van der Waals surface area contributed by atoms with Crippen molar-refractivity contribution < 1.29 is 14.3 Å².